The molecule has 0 saturated heterocycles. The van der Waals surface area contributed by atoms with Gasteiger partial charge in [0.05, 0.1) is 6.33 Å². The third-order valence-corrected chi connectivity index (χ3v) is 2.34. The maximum atomic E-state index is 5.03. The summed E-state index contributed by atoms with van der Waals surface area (Å²) in [5, 5.41) is 8.01. The fourth-order valence-corrected chi connectivity index (χ4v) is 1.47. The Balaban J connectivity index is 2.47. The van der Waals surface area contributed by atoms with Crippen LogP contribution in [0.3, 0.4) is 0 Å². The molecule has 0 aliphatic heterocycles. The monoisotopic (exact) mass is 209 g/mol. The Labute approximate surface area is 86.2 Å². The highest BCUT2D eigenvalue weighted by molar-refractivity contribution is 7.71. The first-order valence-electron chi connectivity index (χ1n) is 4.60. The normalized spacial score (nSPS) is 10.9. The van der Waals surface area contributed by atoms with E-state index in [4.69, 9.17) is 12.2 Å². The zero-order valence-corrected chi connectivity index (χ0v) is 8.71. The number of nitrogens with one attached hydrogen (secondary N) is 1. The molecule has 1 N–H and O–H groups in total. The van der Waals surface area contributed by atoms with Gasteiger partial charge in [0.15, 0.2) is 15.8 Å². The first kappa shape index (κ1) is 9.26. The number of rotatable bonds is 3. The molecule has 2 heterocycles. The van der Waals surface area contributed by atoms with Crippen molar-refractivity contribution in [1.29, 1.82) is 0 Å². The van der Waals surface area contributed by atoms with Crippen molar-refractivity contribution >= 4 is 23.4 Å². The van der Waals surface area contributed by atoms with Crippen LogP contribution >= 0.6 is 12.2 Å². The van der Waals surface area contributed by atoms with Crippen molar-refractivity contribution in [2.45, 2.75) is 26.3 Å². The smallest absolute Gasteiger partial charge is 0.166 e. The second-order valence-electron chi connectivity index (χ2n) is 3.07. The van der Waals surface area contributed by atoms with E-state index in [1.54, 1.807) is 6.33 Å². The maximum absolute atomic E-state index is 5.03. The number of aromatic nitrogens is 5. The molecular formula is C8H11N5S. The van der Waals surface area contributed by atoms with Crippen LogP contribution in [-0.2, 0) is 6.54 Å². The van der Waals surface area contributed by atoms with Crippen LogP contribution in [0, 0.1) is 4.64 Å². The van der Waals surface area contributed by atoms with Crippen LogP contribution in [0.1, 0.15) is 19.8 Å². The molecule has 5 nitrogen and oxygen atoms in total. The first-order chi connectivity index (χ1) is 6.83. The molecule has 0 fully saturated rings. The molecule has 0 atom stereocenters. The Hall–Kier alpha value is -1.30. The summed E-state index contributed by atoms with van der Waals surface area (Å²) in [6.45, 7) is 3.01. The van der Waals surface area contributed by atoms with E-state index < -0.39 is 0 Å². The summed E-state index contributed by atoms with van der Waals surface area (Å²) < 4.78 is 2.33. The lowest BCUT2D eigenvalue weighted by molar-refractivity contribution is 0.564. The predicted octanol–water partition coefficient (Wildman–Crippen LogP) is 1.68. The molecule has 0 aliphatic carbocycles. The van der Waals surface area contributed by atoms with Gasteiger partial charge in [0.25, 0.3) is 0 Å². The number of aryl methyl sites for hydroxylation is 1. The van der Waals surface area contributed by atoms with E-state index in [-0.39, 0.29) is 0 Å². The molecule has 6 heteroatoms. The number of hydrogen-bond donors (Lipinski definition) is 1. The van der Waals surface area contributed by atoms with E-state index >= 15 is 0 Å². The van der Waals surface area contributed by atoms with Crippen molar-refractivity contribution in [2.24, 2.45) is 0 Å². The van der Waals surface area contributed by atoms with Crippen molar-refractivity contribution in [1.82, 2.24) is 25.0 Å². The number of nitrogens with zero attached hydrogens (tertiary/aromatic N) is 4. The number of unbranched alkanes of at least 4 members (excludes halogenated alkanes) is 1. The fourth-order valence-electron chi connectivity index (χ4n) is 1.28. The highest BCUT2D eigenvalue weighted by Crippen LogP contribution is 2.07. The molecule has 0 radical (unpaired) electrons. The first-order valence-corrected chi connectivity index (χ1v) is 5.00. The van der Waals surface area contributed by atoms with Crippen molar-refractivity contribution in [3.8, 4) is 0 Å². The molecule has 2 aromatic rings. The minimum Gasteiger partial charge on any atom is -0.329 e. The molecule has 2 aromatic heterocycles. The van der Waals surface area contributed by atoms with Crippen molar-refractivity contribution < 1.29 is 0 Å². The average molecular weight is 209 g/mol. The molecule has 0 saturated carbocycles. The third kappa shape index (κ3) is 1.52. The highest BCUT2D eigenvalue weighted by Gasteiger charge is 2.05. The number of aromatic amines is 1. The van der Waals surface area contributed by atoms with Gasteiger partial charge in [-0.25, -0.2) is 9.67 Å². The average Bonchev–Trinajstić information content (AvgIpc) is 2.60. The van der Waals surface area contributed by atoms with Gasteiger partial charge < -0.3 is 4.98 Å². The summed E-state index contributed by atoms with van der Waals surface area (Å²) in [7, 11) is 0. The van der Waals surface area contributed by atoms with Gasteiger partial charge in [-0.15, -0.1) is 5.10 Å². The van der Waals surface area contributed by atoms with E-state index in [1.807, 2.05) is 4.68 Å². The Morgan fingerprint density at radius 1 is 1.57 bits per heavy atom. The second kappa shape index (κ2) is 3.83. The molecule has 0 unspecified atom stereocenters. The van der Waals surface area contributed by atoms with E-state index in [1.165, 1.54) is 0 Å². The van der Waals surface area contributed by atoms with Crippen molar-refractivity contribution in [3.63, 3.8) is 0 Å². The van der Waals surface area contributed by atoms with Gasteiger partial charge in [-0.3, -0.25) is 0 Å². The molecule has 0 amide bonds. The predicted molar refractivity (Wildman–Crippen MR) is 55.4 cm³/mol. The van der Waals surface area contributed by atoms with Crippen molar-refractivity contribution in [3.05, 3.63) is 11.0 Å². The van der Waals surface area contributed by atoms with Crippen LogP contribution in [0.4, 0.5) is 0 Å². The Bertz CT molecular complexity index is 486. The van der Waals surface area contributed by atoms with Gasteiger partial charge in [0.1, 0.15) is 0 Å². The zero-order valence-electron chi connectivity index (χ0n) is 7.90. The third-order valence-electron chi connectivity index (χ3n) is 2.04. The van der Waals surface area contributed by atoms with Gasteiger partial charge >= 0.3 is 0 Å². The Morgan fingerprint density at radius 2 is 2.43 bits per heavy atom. The van der Waals surface area contributed by atoms with Gasteiger partial charge in [-0.2, -0.15) is 0 Å². The number of hydrogen-bond acceptors (Lipinski definition) is 4. The molecule has 0 aliphatic rings. The lowest BCUT2D eigenvalue weighted by Crippen LogP contribution is -2.00. The summed E-state index contributed by atoms with van der Waals surface area (Å²) in [5.41, 5.74) is 1.54. The highest BCUT2D eigenvalue weighted by atomic mass is 32.1. The number of H-pyrrole nitrogens is 1. The van der Waals surface area contributed by atoms with Crippen LogP contribution in [0.5, 0.6) is 0 Å². The van der Waals surface area contributed by atoms with Gasteiger partial charge in [-0.1, -0.05) is 30.8 Å². The fraction of sp³-hybridized carbons (Fsp3) is 0.500. The van der Waals surface area contributed by atoms with Crippen LogP contribution in [0.25, 0.3) is 11.2 Å². The summed E-state index contributed by atoms with van der Waals surface area (Å²) >= 11 is 5.03. The van der Waals surface area contributed by atoms with E-state index in [2.05, 4.69) is 27.2 Å². The molecule has 14 heavy (non-hydrogen) atoms. The summed E-state index contributed by atoms with van der Waals surface area (Å²) in [5.74, 6) is 0. The van der Waals surface area contributed by atoms with Crippen molar-refractivity contribution in [2.75, 3.05) is 0 Å². The molecule has 0 bridgehead atoms. The molecular weight excluding hydrogens is 198 g/mol. The maximum Gasteiger partial charge on any atom is 0.166 e. The quantitative estimate of drug-likeness (QED) is 0.781. The largest absolute Gasteiger partial charge is 0.329 e. The van der Waals surface area contributed by atoms with E-state index in [0.29, 0.717) is 10.2 Å². The zero-order chi connectivity index (χ0) is 9.97. The molecule has 0 aromatic carbocycles. The minimum atomic E-state index is 0.501. The second-order valence-corrected chi connectivity index (χ2v) is 3.46. The molecule has 2 rings (SSSR count). The SMILES string of the molecule is CCCCn1nnc2c(=S)nc[nH]c21. The van der Waals surface area contributed by atoms with Crippen LogP contribution in [0.2, 0.25) is 0 Å². The minimum absolute atomic E-state index is 0.501. The summed E-state index contributed by atoms with van der Waals surface area (Å²) in [6, 6.07) is 0. The van der Waals surface area contributed by atoms with E-state index in [0.717, 1.165) is 25.0 Å². The molecule has 0 spiro atoms. The van der Waals surface area contributed by atoms with Crippen LogP contribution in [0.15, 0.2) is 6.33 Å². The number of fused-ring (bicyclic) bond motifs is 1. The lowest BCUT2D eigenvalue weighted by atomic mass is 10.3. The van der Waals surface area contributed by atoms with Crippen LogP contribution in [-0.4, -0.2) is 25.0 Å². The lowest BCUT2D eigenvalue weighted by Gasteiger charge is -1.98. The standard InChI is InChI=1S/C8H11N5S/c1-2-3-4-13-7-6(11-12-13)8(14)10-5-9-7/h5H,2-4H2,1H3,(H,9,10,14). The topological polar surface area (TPSA) is 59.4 Å². The van der Waals surface area contributed by atoms with Crippen LogP contribution < -0.4 is 0 Å². The van der Waals surface area contributed by atoms with E-state index in [9.17, 15) is 0 Å². The molecule has 74 valence electrons. The summed E-state index contributed by atoms with van der Waals surface area (Å²) in [4.78, 5) is 6.95. The Morgan fingerprint density at radius 3 is 3.21 bits per heavy atom. The summed E-state index contributed by atoms with van der Waals surface area (Å²) in [6.07, 6.45) is 3.80. The Kier molecular flexibility index (Phi) is 2.53. The van der Waals surface area contributed by atoms with Gasteiger partial charge in [0, 0.05) is 6.54 Å². The van der Waals surface area contributed by atoms with Gasteiger partial charge in [0.2, 0.25) is 0 Å². The van der Waals surface area contributed by atoms with Gasteiger partial charge in [-0.05, 0) is 6.42 Å².